The van der Waals surface area contributed by atoms with Crippen molar-refractivity contribution in [1.29, 1.82) is 0 Å². The van der Waals surface area contributed by atoms with Crippen LogP contribution in [0.25, 0.3) is 10.6 Å². The summed E-state index contributed by atoms with van der Waals surface area (Å²) in [5.41, 5.74) is 1.94. The van der Waals surface area contributed by atoms with Crippen LogP contribution in [0.1, 0.15) is 23.0 Å². The van der Waals surface area contributed by atoms with E-state index in [1.165, 1.54) is 23.3 Å². The van der Waals surface area contributed by atoms with Crippen LogP contribution in [-0.4, -0.2) is 53.7 Å². The number of carboxylic acids is 1. The molecule has 9 heteroatoms. The molecule has 0 spiro atoms. The van der Waals surface area contributed by atoms with Crippen LogP contribution in [-0.2, 0) is 16.1 Å². The minimum absolute atomic E-state index is 0.122. The molecule has 0 aliphatic heterocycles. The van der Waals surface area contributed by atoms with Gasteiger partial charge < -0.3 is 20.1 Å². The van der Waals surface area contributed by atoms with Crippen molar-refractivity contribution in [2.24, 2.45) is 5.92 Å². The lowest BCUT2D eigenvalue weighted by Gasteiger charge is -2.20. The second kappa shape index (κ2) is 9.13. The zero-order valence-electron chi connectivity index (χ0n) is 15.3. The van der Waals surface area contributed by atoms with Gasteiger partial charge in [0, 0.05) is 31.1 Å². The SMILES string of the molecule is COC(=O)c1csc(-c2cccc(CNC(=O)N(C)CC(C)C(=O)O)c2)n1. The first-order valence-corrected chi connectivity index (χ1v) is 9.04. The van der Waals surface area contributed by atoms with E-state index in [0.717, 1.165) is 11.1 Å². The molecule has 2 N–H and O–H groups in total. The second-order valence-corrected chi connectivity index (χ2v) is 6.87. The highest BCUT2D eigenvalue weighted by Gasteiger charge is 2.17. The summed E-state index contributed by atoms with van der Waals surface area (Å²) in [5.74, 6) is -2.07. The Hall–Kier alpha value is -2.94. The molecule has 0 fully saturated rings. The molecule has 0 saturated carbocycles. The van der Waals surface area contributed by atoms with E-state index in [-0.39, 0.29) is 24.8 Å². The minimum Gasteiger partial charge on any atom is -0.481 e. The maximum atomic E-state index is 12.1. The number of aromatic nitrogens is 1. The van der Waals surface area contributed by atoms with E-state index in [1.54, 1.807) is 19.4 Å². The molecule has 1 unspecified atom stereocenters. The zero-order chi connectivity index (χ0) is 20.0. The van der Waals surface area contributed by atoms with Gasteiger partial charge in [0.2, 0.25) is 0 Å². The fourth-order valence-electron chi connectivity index (χ4n) is 2.30. The Bertz CT molecular complexity index is 836. The number of urea groups is 1. The van der Waals surface area contributed by atoms with Crippen molar-refractivity contribution in [1.82, 2.24) is 15.2 Å². The molecule has 8 nitrogen and oxygen atoms in total. The molecule has 1 aromatic carbocycles. The molecule has 0 aliphatic rings. The molecule has 1 heterocycles. The normalized spacial score (nSPS) is 11.5. The van der Waals surface area contributed by atoms with E-state index >= 15 is 0 Å². The average Bonchev–Trinajstić information content (AvgIpc) is 3.15. The lowest BCUT2D eigenvalue weighted by molar-refractivity contribution is -0.141. The molecule has 2 amide bonds. The Labute approximate surface area is 160 Å². The van der Waals surface area contributed by atoms with Gasteiger partial charge in [0.25, 0.3) is 0 Å². The molecule has 1 aromatic heterocycles. The molecule has 1 atom stereocenters. The van der Waals surface area contributed by atoms with E-state index < -0.39 is 17.9 Å². The van der Waals surface area contributed by atoms with Gasteiger partial charge in [-0.3, -0.25) is 4.79 Å². The van der Waals surface area contributed by atoms with Gasteiger partial charge in [-0.15, -0.1) is 11.3 Å². The second-order valence-electron chi connectivity index (χ2n) is 6.01. The van der Waals surface area contributed by atoms with Crippen LogP contribution < -0.4 is 5.32 Å². The number of ether oxygens (including phenoxy) is 1. The number of esters is 1. The van der Waals surface area contributed by atoms with Crippen molar-refractivity contribution in [3.63, 3.8) is 0 Å². The number of thiazole rings is 1. The van der Waals surface area contributed by atoms with Gasteiger partial charge in [-0.2, -0.15) is 0 Å². The number of carbonyl (C=O) groups excluding carboxylic acids is 2. The highest BCUT2D eigenvalue weighted by atomic mass is 32.1. The van der Waals surface area contributed by atoms with Crippen molar-refractivity contribution in [2.45, 2.75) is 13.5 Å². The molecule has 2 rings (SSSR count). The monoisotopic (exact) mass is 391 g/mol. The maximum absolute atomic E-state index is 12.1. The van der Waals surface area contributed by atoms with Crippen molar-refractivity contribution in [2.75, 3.05) is 20.7 Å². The third kappa shape index (κ3) is 5.52. The van der Waals surface area contributed by atoms with Crippen molar-refractivity contribution >= 4 is 29.3 Å². The highest BCUT2D eigenvalue weighted by Crippen LogP contribution is 2.24. The summed E-state index contributed by atoms with van der Waals surface area (Å²) >= 11 is 1.33. The summed E-state index contributed by atoms with van der Waals surface area (Å²) in [6.45, 7) is 1.95. The molecule has 0 aliphatic carbocycles. The van der Waals surface area contributed by atoms with E-state index in [1.807, 2.05) is 24.3 Å². The number of hydrogen-bond acceptors (Lipinski definition) is 6. The number of aliphatic carboxylic acids is 1. The van der Waals surface area contributed by atoms with Crippen LogP contribution in [0.2, 0.25) is 0 Å². The first-order valence-electron chi connectivity index (χ1n) is 8.16. The van der Waals surface area contributed by atoms with Crippen LogP contribution in [0, 0.1) is 5.92 Å². The van der Waals surface area contributed by atoms with E-state index in [0.29, 0.717) is 5.01 Å². The van der Waals surface area contributed by atoms with E-state index in [9.17, 15) is 14.4 Å². The predicted octanol–water partition coefficient (Wildman–Crippen LogP) is 2.46. The quantitative estimate of drug-likeness (QED) is 0.702. The summed E-state index contributed by atoms with van der Waals surface area (Å²) in [6.07, 6.45) is 0. The van der Waals surface area contributed by atoms with Crippen LogP contribution in [0.3, 0.4) is 0 Å². The third-order valence-corrected chi connectivity index (χ3v) is 4.72. The Morgan fingerprint density at radius 2 is 2.11 bits per heavy atom. The largest absolute Gasteiger partial charge is 0.481 e. The molecule has 2 aromatic rings. The summed E-state index contributed by atoms with van der Waals surface area (Å²) in [5, 5.41) is 14.0. The highest BCUT2D eigenvalue weighted by molar-refractivity contribution is 7.13. The number of amides is 2. The molecular formula is C18H21N3O5S. The summed E-state index contributed by atoms with van der Waals surface area (Å²) in [4.78, 5) is 40.1. The average molecular weight is 391 g/mol. The van der Waals surface area contributed by atoms with E-state index in [2.05, 4.69) is 15.0 Å². The Morgan fingerprint density at radius 3 is 2.78 bits per heavy atom. The van der Waals surface area contributed by atoms with Gasteiger partial charge in [-0.1, -0.05) is 25.1 Å². The lowest BCUT2D eigenvalue weighted by atomic mass is 10.1. The smallest absolute Gasteiger partial charge is 0.357 e. The predicted molar refractivity (Wildman–Crippen MR) is 101 cm³/mol. The van der Waals surface area contributed by atoms with Crippen molar-refractivity contribution in [3.05, 3.63) is 40.9 Å². The number of carbonyl (C=O) groups is 3. The van der Waals surface area contributed by atoms with Crippen LogP contribution in [0.15, 0.2) is 29.6 Å². The standard InChI is InChI=1S/C18H21N3O5S/c1-11(16(22)23)9-21(2)18(25)19-8-12-5-4-6-13(7-12)15-20-14(10-27-15)17(24)26-3/h4-7,10-11H,8-9H2,1-3H3,(H,19,25)(H,22,23). The Morgan fingerprint density at radius 1 is 1.37 bits per heavy atom. The molecule has 144 valence electrons. The Balaban J connectivity index is 1.99. The van der Waals surface area contributed by atoms with Crippen molar-refractivity contribution < 1.29 is 24.2 Å². The Kier molecular flexibility index (Phi) is 6.89. The fraction of sp³-hybridized carbons (Fsp3) is 0.333. The van der Waals surface area contributed by atoms with Crippen LogP contribution in [0.5, 0.6) is 0 Å². The molecule has 0 bridgehead atoms. The first kappa shape index (κ1) is 20.4. The molecular weight excluding hydrogens is 370 g/mol. The topological polar surface area (TPSA) is 109 Å². The number of rotatable bonds is 7. The zero-order valence-corrected chi connectivity index (χ0v) is 16.1. The number of carboxylic acid groups (broad SMARTS) is 1. The van der Waals surface area contributed by atoms with Gasteiger partial charge >= 0.3 is 18.0 Å². The number of benzene rings is 1. The lowest BCUT2D eigenvalue weighted by Crippen LogP contribution is -2.40. The number of nitrogens with zero attached hydrogens (tertiary/aromatic N) is 2. The summed E-state index contributed by atoms with van der Waals surface area (Å²) < 4.78 is 4.65. The number of hydrogen-bond donors (Lipinski definition) is 2. The first-order chi connectivity index (χ1) is 12.8. The van der Waals surface area contributed by atoms with Gasteiger partial charge in [0.05, 0.1) is 13.0 Å². The van der Waals surface area contributed by atoms with E-state index in [4.69, 9.17) is 5.11 Å². The molecule has 0 saturated heterocycles. The number of methoxy groups -OCH3 is 1. The third-order valence-electron chi connectivity index (χ3n) is 3.83. The molecule has 0 radical (unpaired) electrons. The van der Waals surface area contributed by atoms with Crippen molar-refractivity contribution in [3.8, 4) is 10.6 Å². The summed E-state index contributed by atoms with van der Waals surface area (Å²) in [7, 11) is 2.86. The molecule has 27 heavy (non-hydrogen) atoms. The minimum atomic E-state index is -0.947. The van der Waals surface area contributed by atoms with Gasteiger partial charge in [-0.25, -0.2) is 14.6 Å². The fourth-order valence-corrected chi connectivity index (χ4v) is 3.09. The summed E-state index contributed by atoms with van der Waals surface area (Å²) in [6, 6.07) is 7.09. The maximum Gasteiger partial charge on any atom is 0.357 e. The van der Waals surface area contributed by atoms with Crippen LogP contribution in [0.4, 0.5) is 4.79 Å². The van der Waals surface area contributed by atoms with Gasteiger partial charge in [0.15, 0.2) is 5.69 Å². The number of nitrogens with one attached hydrogen (secondary N) is 1. The van der Waals surface area contributed by atoms with Gasteiger partial charge in [0.1, 0.15) is 5.01 Å². The van der Waals surface area contributed by atoms with Crippen LogP contribution >= 0.6 is 11.3 Å². The van der Waals surface area contributed by atoms with Gasteiger partial charge in [-0.05, 0) is 11.6 Å².